The smallest absolute Gasteiger partial charge is 0.258 e. The summed E-state index contributed by atoms with van der Waals surface area (Å²) in [6, 6.07) is 11.6. The van der Waals surface area contributed by atoms with Gasteiger partial charge >= 0.3 is 0 Å². The number of carbonyl (C=O) groups is 1. The van der Waals surface area contributed by atoms with Crippen LogP contribution in [0.25, 0.3) is 10.8 Å². The van der Waals surface area contributed by atoms with Crippen molar-refractivity contribution < 1.29 is 9.53 Å². The number of ether oxygens (including phenoxy) is 1. The Hall–Kier alpha value is -2.07. The summed E-state index contributed by atoms with van der Waals surface area (Å²) in [5.74, 6) is 0.142. The molecule has 19 heavy (non-hydrogen) atoms. The van der Waals surface area contributed by atoms with E-state index >= 15 is 0 Å². The number of nitrogens with two attached hydrogens (primary N) is 2. The summed E-state index contributed by atoms with van der Waals surface area (Å²) in [7, 11) is 0. The van der Waals surface area contributed by atoms with Crippen LogP contribution in [0.2, 0.25) is 0 Å². The first-order valence-electron chi connectivity index (χ1n) is 6.24. The molecule has 0 fully saturated rings. The van der Waals surface area contributed by atoms with Crippen LogP contribution in [0.15, 0.2) is 36.4 Å². The molecule has 1 amide bonds. The van der Waals surface area contributed by atoms with Gasteiger partial charge in [-0.2, -0.15) is 0 Å². The molecule has 0 aliphatic rings. The number of fused-ring (bicyclic) bond motifs is 1. The highest BCUT2D eigenvalue weighted by Crippen LogP contribution is 2.33. The van der Waals surface area contributed by atoms with Gasteiger partial charge in [-0.15, -0.1) is 0 Å². The van der Waals surface area contributed by atoms with Gasteiger partial charge in [-0.3, -0.25) is 4.79 Å². The number of carbonyl (C=O) groups excluding carboxylic acids is 1. The molecule has 0 saturated carbocycles. The zero-order valence-corrected chi connectivity index (χ0v) is 11.1. The Labute approximate surface area is 112 Å². The second kappa shape index (κ2) is 5.28. The Morgan fingerprint density at radius 2 is 1.84 bits per heavy atom. The predicted octanol–water partition coefficient (Wildman–Crippen LogP) is 2.11. The first-order chi connectivity index (χ1) is 9.00. The van der Waals surface area contributed by atoms with Crippen LogP contribution in [0.4, 0.5) is 0 Å². The van der Waals surface area contributed by atoms with Crippen LogP contribution in [0.1, 0.15) is 25.5 Å². The molecule has 0 radical (unpaired) electrons. The fourth-order valence-corrected chi connectivity index (χ4v) is 1.98. The van der Waals surface area contributed by atoms with Gasteiger partial charge in [0.05, 0.1) is 0 Å². The van der Waals surface area contributed by atoms with E-state index in [0.29, 0.717) is 5.75 Å². The highest BCUT2D eigenvalue weighted by Gasteiger charge is 2.17. The molecule has 0 spiro atoms. The Morgan fingerprint density at radius 1 is 1.16 bits per heavy atom. The van der Waals surface area contributed by atoms with Crippen molar-refractivity contribution in [3.05, 3.63) is 42.0 Å². The van der Waals surface area contributed by atoms with E-state index in [4.69, 9.17) is 16.2 Å². The van der Waals surface area contributed by atoms with Crippen molar-refractivity contribution in [3.63, 3.8) is 0 Å². The number of primary amides is 1. The molecule has 0 bridgehead atoms. The zero-order chi connectivity index (χ0) is 14.0. The molecule has 0 heterocycles. The molecule has 2 atom stereocenters. The molecule has 4 N–H and O–H groups in total. The van der Waals surface area contributed by atoms with Crippen molar-refractivity contribution in [2.24, 2.45) is 11.5 Å². The quantitative estimate of drug-likeness (QED) is 0.881. The van der Waals surface area contributed by atoms with Crippen LogP contribution in [0.3, 0.4) is 0 Å². The van der Waals surface area contributed by atoms with Gasteiger partial charge in [-0.05, 0) is 19.2 Å². The third kappa shape index (κ3) is 2.69. The summed E-state index contributed by atoms with van der Waals surface area (Å²) >= 11 is 0. The molecule has 0 aliphatic carbocycles. The lowest BCUT2D eigenvalue weighted by Crippen LogP contribution is -2.31. The molecule has 4 nitrogen and oxygen atoms in total. The van der Waals surface area contributed by atoms with E-state index in [-0.39, 0.29) is 6.04 Å². The lowest BCUT2D eigenvalue weighted by Gasteiger charge is -2.19. The van der Waals surface area contributed by atoms with Crippen molar-refractivity contribution in [2.75, 3.05) is 0 Å². The zero-order valence-electron chi connectivity index (χ0n) is 11.1. The summed E-state index contributed by atoms with van der Waals surface area (Å²) in [4.78, 5) is 11.2. The first kappa shape index (κ1) is 13.4. The molecule has 0 saturated heterocycles. The van der Waals surface area contributed by atoms with Gasteiger partial charge in [0, 0.05) is 17.0 Å². The average molecular weight is 258 g/mol. The van der Waals surface area contributed by atoms with Gasteiger partial charge in [0.15, 0.2) is 6.10 Å². The monoisotopic (exact) mass is 258 g/mol. The molecule has 2 aromatic carbocycles. The Bertz CT molecular complexity index is 608. The largest absolute Gasteiger partial charge is 0.480 e. The van der Waals surface area contributed by atoms with E-state index < -0.39 is 12.0 Å². The fourth-order valence-electron chi connectivity index (χ4n) is 1.98. The molecule has 2 rings (SSSR count). The minimum Gasteiger partial charge on any atom is -0.480 e. The Morgan fingerprint density at radius 3 is 2.47 bits per heavy atom. The lowest BCUT2D eigenvalue weighted by atomic mass is 10.0. The topological polar surface area (TPSA) is 78.3 Å². The van der Waals surface area contributed by atoms with Crippen LogP contribution in [0.5, 0.6) is 5.75 Å². The van der Waals surface area contributed by atoms with Crippen molar-refractivity contribution in [2.45, 2.75) is 26.0 Å². The number of hydrogen-bond donors (Lipinski definition) is 2. The van der Waals surface area contributed by atoms with Gasteiger partial charge in [0.1, 0.15) is 5.75 Å². The van der Waals surface area contributed by atoms with Crippen LogP contribution in [0, 0.1) is 0 Å². The van der Waals surface area contributed by atoms with Gasteiger partial charge in [-0.1, -0.05) is 36.4 Å². The van der Waals surface area contributed by atoms with E-state index in [2.05, 4.69) is 0 Å². The van der Waals surface area contributed by atoms with Crippen molar-refractivity contribution in [1.82, 2.24) is 0 Å². The highest BCUT2D eigenvalue weighted by molar-refractivity contribution is 5.90. The van der Waals surface area contributed by atoms with E-state index in [1.165, 1.54) is 0 Å². The number of benzene rings is 2. The van der Waals surface area contributed by atoms with Crippen LogP contribution in [-0.2, 0) is 4.79 Å². The molecular weight excluding hydrogens is 240 g/mol. The van der Waals surface area contributed by atoms with E-state index in [9.17, 15) is 4.79 Å². The summed E-state index contributed by atoms with van der Waals surface area (Å²) in [5, 5.41) is 1.98. The van der Waals surface area contributed by atoms with E-state index in [1.54, 1.807) is 6.92 Å². The van der Waals surface area contributed by atoms with E-state index in [1.807, 2.05) is 43.3 Å². The predicted molar refractivity (Wildman–Crippen MR) is 75.8 cm³/mol. The van der Waals surface area contributed by atoms with E-state index in [0.717, 1.165) is 16.3 Å². The molecule has 0 aromatic heterocycles. The normalized spacial score (nSPS) is 14.1. The highest BCUT2D eigenvalue weighted by atomic mass is 16.5. The van der Waals surface area contributed by atoms with Gasteiger partial charge in [0.2, 0.25) is 0 Å². The molecule has 1 unspecified atom stereocenters. The number of rotatable bonds is 4. The van der Waals surface area contributed by atoms with Gasteiger partial charge in [0.25, 0.3) is 5.91 Å². The first-order valence-corrected chi connectivity index (χ1v) is 6.24. The number of amides is 1. The molecule has 2 aromatic rings. The summed E-state index contributed by atoms with van der Waals surface area (Å²) < 4.78 is 5.73. The Balaban J connectivity index is 2.59. The third-order valence-electron chi connectivity index (χ3n) is 3.10. The molecular formula is C15H18N2O2. The second-order valence-electron chi connectivity index (χ2n) is 4.66. The van der Waals surface area contributed by atoms with Crippen LogP contribution < -0.4 is 16.2 Å². The minimum atomic E-state index is -0.691. The summed E-state index contributed by atoms with van der Waals surface area (Å²) in [6.45, 7) is 3.51. The van der Waals surface area contributed by atoms with Crippen LogP contribution >= 0.6 is 0 Å². The van der Waals surface area contributed by atoms with Gasteiger partial charge < -0.3 is 16.2 Å². The average Bonchev–Trinajstić information content (AvgIpc) is 2.38. The summed E-state index contributed by atoms with van der Waals surface area (Å²) in [5.41, 5.74) is 12.1. The number of hydrogen-bond acceptors (Lipinski definition) is 3. The third-order valence-corrected chi connectivity index (χ3v) is 3.10. The SMILES string of the molecule is CC(Oc1c([C@@H](C)N)ccc2ccccc12)C(N)=O. The minimum absolute atomic E-state index is 0.181. The molecule has 100 valence electrons. The van der Waals surface area contributed by atoms with Crippen molar-refractivity contribution in [1.29, 1.82) is 0 Å². The standard InChI is InChI=1S/C15H18N2O2/c1-9(16)12-8-7-11-5-3-4-6-13(11)14(12)19-10(2)15(17)18/h3-10H,16H2,1-2H3,(H2,17,18)/t9-,10?/m1/s1. The maximum atomic E-state index is 11.2. The van der Waals surface area contributed by atoms with Crippen molar-refractivity contribution in [3.8, 4) is 5.75 Å². The van der Waals surface area contributed by atoms with Gasteiger partial charge in [-0.25, -0.2) is 0 Å². The summed E-state index contributed by atoms with van der Waals surface area (Å²) in [6.07, 6.45) is -0.691. The molecule has 0 aliphatic heterocycles. The molecule has 4 heteroatoms. The fraction of sp³-hybridized carbons (Fsp3) is 0.267. The van der Waals surface area contributed by atoms with Crippen molar-refractivity contribution >= 4 is 16.7 Å². The van der Waals surface area contributed by atoms with Crippen LogP contribution in [-0.4, -0.2) is 12.0 Å². The maximum Gasteiger partial charge on any atom is 0.258 e. The second-order valence-corrected chi connectivity index (χ2v) is 4.66. The maximum absolute atomic E-state index is 11.2. The Kier molecular flexibility index (Phi) is 3.71. The lowest BCUT2D eigenvalue weighted by molar-refractivity contribution is -0.123.